The highest BCUT2D eigenvalue weighted by molar-refractivity contribution is 5.94. The number of fused-ring (bicyclic) bond motifs is 4. The Bertz CT molecular complexity index is 1080. The van der Waals surface area contributed by atoms with Crippen LogP contribution >= 0.6 is 0 Å². The standard InChI is InChI=1S/C23H25N5O2/c29-22-8-4-7-20-18-9-19(15-27(14-18)13-16-10-25-26-11-16)21(28(20)22)12-24-23(30)17-5-2-1-3-6-17/h1-8,10-11,18-19,21H,9,12-15H2,(H,24,30)(H,25,26)/t18-,19+,21+/m1/s1. The molecule has 2 aliphatic rings. The van der Waals surface area contributed by atoms with E-state index in [1.54, 1.807) is 18.2 Å². The van der Waals surface area contributed by atoms with Crippen LogP contribution in [0.4, 0.5) is 0 Å². The quantitative estimate of drug-likeness (QED) is 0.684. The van der Waals surface area contributed by atoms with Crippen molar-refractivity contribution in [3.05, 3.63) is 88.1 Å². The molecule has 154 valence electrons. The van der Waals surface area contributed by atoms with Gasteiger partial charge in [-0.2, -0.15) is 5.10 Å². The van der Waals surface area contributed by atoms with Crippen molar-refractivity contribution in [3.8, 4) is 0 Å². The number of aromatic nitrogens is 3. The van der Waals surface area contributed by atoms with E-state index in [0.29, 0.717) is 23.9 Å². The van der Waals surface area contributed by atoms with E-state index >= 15 is 0 Å². The highest BCUT2D eigenvalue weighted by atomic mass is 16.1. The summed E-state index contributed by atoms with van der Waals surface area (Å²) < 4.78 is 1.93. The number of nitrogens with one attached hydrogen (secondary N) is 2. The zero-order valence-corrected chi connectivity index (χ0v) is 16.7. The summed E-state index contributed by atoms with van der Waals surface area (Å²) in [5.41, 5.74) is 2.89. The summed E-state index contributed by atoms with van der Waals surface area (Å²) >= 11 is 0. The maximum absolute atomic E-state index is 12.8. The first-order chi connectivity index (χ1) is 14.7. The molecule has 2 aliphatic heterocycles. The van der Waals surface area contributed by atoms with Crippen molar-refractivity contribution in [2.75, 3.05) is 19.6 Å². The summed E-state index contributed by atoms with van der Waals surface area (Å²) in [6.45, 7) is 3.10. The summed E-state index contributed by atoms with van der Waals surface area (Å²) in [7, 11) is 0. The van der Waals surface area contributed by atoms with Crippen LogP contribution in [0.5, 0.6) is 0 Å². The molecule has 1 fully saturated rings. The molecule has 0 saturated carbocycles. The zero-order valence-electron chi connectivity index (χ0n) is 16.7. The second kappa shape index (κ2) is 7.91. The Labute approximate surface area is 174 Å². The molecular weight excluding hydrogens is 378 g/mol. The first-order valence-electron chi connectivity index (χ1n) is 10.4. The lowest BCUT2D eigenvalue weighted by Crippen LogP contribution is -2.51. The Kier molecular flexibility index (Phi) is 4.96. The second-order valence-corrected chi connectivity index (χ2v) is 8.30. The van der Waals surface area contributed by atoms with Gasteiger partial charge in [-0.3, -0.25) is 19.6 Å². The summed E-state index contributed by atoms with van der Waals surface area (Å²) in [5.74, 6) is 0.527. The third-order valence-corrected chi connectivity index (χ3v) is 6.34. The molecule has 2 N–H and O–H groups in total. The molecule has 7 heteroatoms. The minimum Gasteiger partial charge on any atom is -0.350 e. The molecule has 2 bridgehead atoms. The van der Waals surface area contributed by atoms with E-state index in [-0.39, 0.29) is 17.5 Å². The predicted molar refractivity (Wildman–Crippen MR) is 113 cm³/mol. The maximum Gasteiger partial charge on any atom is 0.251 e. The molecule has 4 heterocycles. The van der Waals surface area contributed by atoms with Gasteiger partial charge in [0.15, 0.2) is 0 Å². The van der Waals surface area contributed by atoms with Gasteiger partial charge >= 0.3 is 0 Å². The molecule has 0 radical (unpaired) electrons. The van der Waals surface area contributed by atoms with Crippen LogP contribution in [0, 0.1) is 5.92 Å². The fraction of sp³-hybridized carbons (Fsp3) is 0.348. The van der Waals surface area contributed by atoms with Gasteiger partial charge in [0, 0.05) is 61.2 Å². The minimum absolute atomic E-state index is 0.0180. The van der Waals surface area contributed by atoms with Crippen molar-refractivity contribution in [3.63, 3.8) is 0 Å². The van der Waals surface area contributed by atoms with Crippen LogP contribution < -0.4 is 10.9 Å². The zero-order chi connectivity index (χ0) is 20.5. The second-order valence-electron chi connectivity index (χ2n) is 8.30. The van der Waals surface area contributed by atoms with Gasteiger partial charge in [-0.05, 0) is 30.5 Å². The predicted octanol–water partition coefficient (Wildman–Crippen LogP) is 2.16. The van der Waals surface area contributed by atoms with Crippen molar-refractivity contribution in [2.45, 2.75) is 24.9 Å². The lowest BCUT2D eigenvalue weighted by molar-refractivity contribution is 0.0790. The molecule has 0 aliphatic carbocycles. The smallest absolute Gasteiger partial charge is 0.251 e. The normalized spacial score (nSPS) is 23.0. The fourth-order valence-corrected chi connectivity index (χ4v) is 5.04. The Balaban J connectivity index is 1.40. The van der Waals surface area contributed by atoms with Crippen LogP contribution in [0.25, 0.3) is 0 Å². The van der Waals surface area contributed by atoms with Crippen LogP contribution in [0.2, 0.25) is 0 Å². The van der Waals surface area contributed by atoms with Crippen LogP contribution in [-0.2, 0) is 6.54 Å². The number of piperidine rings is 1. The Morgan fingerprint density at radius 3 is 2.80 bits per heavy atom. The third kappa shape index (κ3) is 3.57. The summed E-state index contributed by atoms with van der Waals surface area (Å²) in [5, 5.41) is 10.0. The number of carbonyl (C=O) groups excluding carboxylic acids is 1. The monoisotopic (exact) mass is 403 g/mol. The number of hydrogen-bond acceptors (Lipinski definition) is 4. The average Bonchev–Trinajstić information content (AvgIpc) is 3.27. The van der Waals surface area contributed by atoms with E-state index in [9.17, 15) is 9.59 Å². The van der Waals surface area contributed by atoms with Crippen molar-refractivity contribution in [1.29, 1.82) is 0 Å². The molecule has 3 atom stereocenters. The molecule has 2 aromatic heterocycles. The van der Waals surface area contributed by atoms with Gasteiger partial charge in [0.05, 0.1) is 12.2 Å². The number of rotatable bonds is 5. The molecule has 0 unspecified atom stereocenters. The molecule has 5 rings (SSSR count). The van der Waals surface area contributed by atoms with Gasteiger partial charge in [-0.15, -0.1) is 0 Å². The first-order valence-corrected chi connectivity index (χ1v) is 10.4. The highest BCUT2D eigenvalue weighted by Crippen LogP contribution is 2.41. The van der Waals surface area contributed by atoms with Gasteiger partial charge in [0.25, 0.3) is 11.5 Å². The van der Waals surface area contributed by atoms with E-state index in [1.165, 1.54) is 0 Å². The van der Waals surface area contributed by atoms with Crippen LogP contribution in [-0.4, -0.2) is 45.2 Å². The summed E-state index contributed by atoms with van der Waals surface area (Å²) in [6.07, 6.45) is 4.83. The van der Waals surface area contributed by atoms with Gasteiger partial charge in [-0.1, -0.05) is 24.3 Å². The number of carbonyl (C=O) groups is 1. The molecule has 3 aromatic rings. The van der Waals surface area contributed by atoms with E-state index in [1.807, 2.05) is 41.2 Å². The van der Waals surface area contributed by atoms with Crippen molar-refractivity contribution in [2.24, 2.45) is 5.92 Å². The highest BCUT2D eigenvalue weighted by Gasteiger charge is 2.40. The molecule has 7 nitrogen and oxygen atoms in total. The average molecular weight is 403 g/mol. The first kappa shape index (κ1) is 18.8. The molecular formula is C23H25N5O2. The van der Waals surface area contributed by atoms with E-state index in [4.69, 9.17) is 0 Å². The third-order valence-electron chi connectivity index (χ3n) is 6.34. The van der Waals surface area contributed by atoms with Gasteiger partial charge in [0.1, 0.15) is 0 Å². The lowest BCUT2D eigenvalue weighted by Gasteiger charge is -2.47. The minimum atomic E-state index is -0.102. The Morgan fingerprint density at radius 2 is 2.00 bits per heavy atom. The maximum atomic E-state index is 12.8. The fourth-order valence-electron chi connectivity index (χ4n) is 5.04. The number of benzene rings is 1. The van der Waals surface area contributed by atoms with Crippen LogP contribution in [0.3, 0.4) is 0 Å². The van der Waals surface area contributed by atoms with Gasteiger partial charge in [-0.25, -0.2) is 0 Å². The largest absolute Gasteiger partial charge is 0.350 e. The number of amides is 1. The summed E-state index contributed by atoms with van der Waals surface area (Å²) in [4.78, 5) is 27.8. The number of H-pyrrole nitrogens is 1. The number of nitrogens with zero attached hydrogens (tertiary/aromatic N) is 3. The molecule has 1 amide bonds. The summed E-state index contributed by atoms with van der Waals surface area (Å²) in [6, 6.07) is 14.7. The number of pyridine rings is 1. The number of aromatic amines is 1. The molecule has 1 aromatic carbocycles. The molecule has 30 heavy (non-hydrogen) atoms. The Morgan fingerprint density at radius 1 is 1.13 bits per heavy atom. The lowest BCUT2D eigenvalue weighted by atomic mass is 9.78. The Hall–Kier alpha value is -3.19. The van der Waals surface area contributed by atoms with Crippen molar-refractivity contribution >= 4 is 5.91 Å². The van der Waals surface area contributed by atoms with Crippen molar-refractivity contribution in [1.82, 2.24) is 25.0 Å². The van der Waals surface area contributed by atoms with E-state index < -0.39 is 0 Å². The SMILES string of the molecule is O=C(NC[C@H]1[C@H]2C[C@H](CN(Cc3cn[nH]c3)C2)c2cccc(=O)n21)c1ccccc1. The van der Waals surface area contributed by atoms with E-state index in [2.05, 4.69) is 26.5 Å². The topological polar surface area (TPSA) is 83.0 Å². The molecule has 0 spiro atoms. The number of likely N-dealkylation sites (tertiary alicyclic amines) is 1. The van der Waals surface area contributed by atoms with Crippen LogP contribution in [0.1, 0.15) is 40.0 Å². The van der Waals surface area contributed by atoms with Crippen LogP contribution in [0.15, 0.2) is 65.7 Å². The number of hydrogen-bond donors (Lipinski definition) is 2. The van der Waals surface area contributed by atoms with Gasteiger partial charge < -0.3 is 9.88 Å². The van der Waals surface area contributed by atoms with Crippen molar-refractivity contribution < 1.29 is 4.79 Å². The van der Waals surface area contributed by atoms with Gasteiger partial charge in [0.2, 0.25) is 0 Å². The molecule has 1 saturated heterocycles. The van der Waals surface area contributed by atoms with E-state index in [0.717, 1.165) is 37.3 Å².